The molecule has 21 heavy (non-hydrogen) atoms. The van der Waals surface area contributed by atoms with Gasteiger partial charge in [0.25, 0.3) is 0 Å². The first kappa shape index (κ1) is 17.6. The summed E-state index contributed by atoms with van der Waals surface area (Å²) in [4.78, 5) is 13.1. The Balaban J connectivity index is 2.68. The average Bonchev–Trinajstić information content (AvgIpc) is 2.47. The van der Waals surface area contributed by atoms with Gasteiger partial charge in [0.05, 0.1) is 10.5 Å². The lowest BCUT2D eigenvalue weighted by atomic mass is 10.2. The number of aromatic carboxylic acids is 1. The van der Waals surface area contributed by atoms with Crippen LogP contribution in [0.3, 0.4) is 0 Å². The van der Waals surface area contributed by atoms with Crippen molar-refractivity contribution in [3.63, 3.8) is 0 Å². The SMILES string of the molecule is CCN(CC)CCCNS(=O)(=O)c1ccccc1C(=O)O. The van der Waals surface area contributed by atoms with Crippen molar-refractivity contribution in [2.45, 2.75) is 25.2 Å². The van der Waals surface area contributed by atoms with Crippen LogP contribution in [-0.4, -0.2) is 50.6 Å². The molecule has 1 aromatic carbocycles. The van der Waals surface area contributed by atoms with Gasteiger partial charge < -0.3 is 10.0 Å². The van der Waals surface area contributed by atoms with Gasteiger partial charge in [-0.05, 0) is 38.2 Å². The molecule has 2 N–H and O–H groups in total. The van der Waals surface area contributed by atoms with Crippen LogP contribution in [0.15, 0.2) is 29.2 Å². The zero-order valence-electron chi connectivity index (χ0n) is 12.4. The molecule has 0 bridgehead atoms. The maximum Gasteiger partial charge on any atom is 0.337 e. The first-order valence-corrected chi connectivity index (χ1v) is 8.45. The number of sulfonamides is 1. The van der Waals surface area contributed by atoms with Gasteiger partial charge in [-0.2, -0.15) is 0 Å². The molecule has 7 heteroatoms. The number of nitrogens with zero attached hydrogens (tertiary/aromatic N) is 1. The Labute approximate surface area is 125 Å². The molecule has 0 aliphatic rings. The summed E-state index contributed by atoms with van der Waals surface area (Å²) >= 11 is 0. The lowest BCUT2D eigenvalue weighted by Gasteiger charge is -2.17. The molecule has 0 spiro atoms. The highest BCUT2D eigenvalue weighted by Crippen LogP contribution is 2.15. The highest BCUT2D eigenvalue weighted by atomic mass is 32.2. The van der Waals surface area contributed by atoms with Crippen molar-refractivity contribution in [3.8, 4) is 0 Å². The predicted molar refractivity (Wildman–Crippen MR) is 81.0 cm³/mol. The number of carbonyl (C=O) groups is 1. The molecule has 0 aliphatic carbocycles. The highest BCUT2D eigenvalue weighted by molar-refractivity contribution is 7.89. The quantitative estimate of drug-likeness (QED) is 0.673. The van der Waals surface area contributed by atoms with Gasteiger partial charge in [0.2, 0.25) is 10.0 Å². The van der Waals surface area contributed by atoms with Crippen LogP contribution in [0.2, 0.25) is 0 Å². The summed E-state index contributed by atoms with van der Waals surface area (Å²) in [5, 5.41) is 9.04. The Bertz CT molecular complexity index is 568. The van der Waals surface area contributed by atoms with Crippen LogP contribution in [0.5, 0.6) is 0 Å². The summed E-state index contributed by atoms with van der Waals surface area (Å²) in [5.41, 5.74) is -0.214. The van der Waals surface area contributed by atoms with Crippen LogP contribution >= 0.6 is 0 Å². The van der Waals surface area contributed by atoms with Gasteiger partial charge in [-0.15, -0.1) is 0 Å². The minimum atomic E-state index is -3.80. The van der Waals surface area contributed by atoms with Crippen LogP contribution < -0.4 is 4.72 Å². The number of benzene rings is 1. The van der Waals surface area contributed by atoms with E-state index in [9.17, 15) is 13.2 Å². The van der Waals surface area contributed by atoms with Gasteiger partial charge >= 0.3 is 5.97 Å². The molecule has 0 fully saturated rings. The molecule has 0 radical (unpaired) electrons. The van der Waals surface area contributed by atoms with Gasteiger partial charge in [-0.1, -0.05) is 26.0 Å². The Kier molecular flexibility index (Phi) is 6.80. The summed E-state index contributed by atoms with van der Waals surface area (Å²) in [7, 11) is -3.80. The zero-order valence-corrected chi connectivity index (χ0v) is 13.2. The van der Waals surface area contributed by atoms with Crippen LogP contribution in [0.25, 0.3) is 0 Å². The predicted octanol–water partition coefficient (Wildman–Crippen LogP) is 1.39. The van der Waals surface area contributed by atoms with Crippen LogP contribution in [-0.2, 0) is 10.0 Å². The van der Waals surface area contributed by atoms with E-state index >= 15 is 0 Å². The molecule has 1 rings (SSSR count). The number of rotatable bonds is 9. The first-order valence-electron chi connectivity index (χ1n) is 6.96. The lowest BCUT2D eigenvalue weighted by molar-refractivity contribution is 0.0692. The van der Waals surface area contributed by atoms with Crippen LogP contribution in [0, 0.1) is 0 Å². The van der Waals surface area contributed by atoms with E-state index in [1.54, 1.807) is 0 Å². The van der Waals surface area contributed by atoms with Gasteiger partial charge in [0.15, 0.2) is 0 Å². The van der Waals surface area contributed by atoms with E-state index in [0.717, 1.165) is 19.6 Å². The normalized spacial score (nSPS) is 11.8. The van der Waals surface area contributed by atoms with Crippen molar-refractivity contribution in [2.24, 2.45) is 0 Å². The molecule has 0 unspecified atom stereocenters. The Morgan fingerprint density at radius 2 is 1.86 bits per heavy atom. The second-order valence-corrected chi connectivity index (χ2v) is 6.31. The fourth-order valence-electron chi connectivity index (χ4n) is 2.00. The van der Waals surface area contributed by atoms with Gasteiger partial charge in [0.1, 0.15) is 0 Å². The standard InChI is InChI=1S/C14H22N2O4S/c1-3-16(4-2)11-7-10-15-21(19,20)13-9-6-5-8-12(13)14(17)18/h5-6,8-9,15H,3-4,7,10-11H2,1-2H3,(H,17,18). The molecule has 1 aromatic rings. The van der Waals surface area contributed by atoms with E-state index in [1.165, 1.54) is 24.3 Å². The second kappa shape index (κ2) is 8.11. The molecule has 0 heterocycles. The maximum atomic E-state index is 12.2. The van der Waals surface area contributed by atoms with Gasteiger partial charge in [0, 0.05) is 6.54 Å². The van der Waals surface area contributed by atoms with Crippen LogP contribution in [0.1, 0.15) is 30.6 Å². The Hall–Kier alpha value is -1.44. The Morgan fingerprint density at radius 1 is 1.24 bits per heavy atom. The summed E-state index contributed by atoms with van der Waals surface area (Å²) in [6.45, 7) is 7.03. The van der Waals surface area contributed by atoms with E-state index in [0.29, 0.717) is 6.42 Å². The summed E-state index contributed by atoms with van der Waals surface area (Å²) < 4.78 is 26.8. The fourth-order valence-corrected chi connectivity index (χ4v) is 3.28. The fraction of sp³-hybridized carbons (Fsp3) is 0.500. The monoisotopic (exact) mass is 314 g/mol. The van der Waals surface area contributed by atoms with E-state index in [4.69, 9.17) is 5.11 Å². The summed E-state index contributed by atoms with van der Waals surface area (Å²) in [6.07, 6.45) is 0.677. The maximum absolute atomic E-state index is 12.2. The number of hydrogen-bond acceptors (Lipinski definition) is 4. The number of carboxylic acid groups (broad SMARTS) is 1. The van der Waals surface area contributed by atoms with Crippen molar-refractivity contribution in [1.82, 2.24) is 9.62 Å². The third-order valence-corrected chi connectivity index (χ3v) is 4.76. The van der Waals surface area contributed by atoms with Crippen molar-refractivity contribution < 1.29 is 18.3 Å². The number of nitrogens with one attached hydrogen (secondary N) is 1. The molecule has 0 saturated carbocycles. The molecule has 6 nitrogen and oxygen atoms in total. The van der Waals surface area contributed by atoms with Crippen molar-refractivity contribution in [2.75, 3.05) is 26.2 Å². The van der Waals surface area contributed by atoms with Crippen molar-refractivity contribution in [1.29, 1.82) is 0 Å². The first-order chi connectivity index (χ1) is 9.92. The van der Waals surface area contributed by atoms with Gasteiger partial charge in [-0.25, -0.2) is 17.9 Å². The molecule has 0 aromatic heterocycles. The zero-order chi connectivity index (χ0) is 15.9. The lowest BCUT2D eigenvalue weighted by Crippen LogP contribution is -2.30. The van der Waals surface area contributed by atoms with E-state index in [2.05, 4.69) is 23.5 Å². The third kappa shape index (κ3) is 5.11. The summed E-state index contributed by atoms with van der Waals surface area (Å²) in [5.74, 6) is -1.25. The smallest absolute Gasteiger partial charge is 0.337 e. The van der Waals surface area contributed by atoms with Crippen molar-refractivity contribution in [3.05, 3.63) is 29.8 Å². The van der Waals surface area contributed by atoms with E-state index in [-0.39, 0.29) is 17.0 Å². The minimum absolute atomic E-state index is 0.194. The number of carboxylic acids is 1. The molecular formula is C14H22N2O4S. The minimum Gasteiger partial charge on any atom is -0.478 e. The number of hydrogen-bond donors (Lipinski definition) is 2. The topological polar surface area (TPSA) is 86.7 Å². The van der Waals surface area contributed by atoms with Gasteiger partial charge in [-0.3, -0.25) is 0 Å². The van der Waals surface area contributed by atoms with Crippen LogP contribution in [0.4, 0.5) is 0 Å². The molecule has 0 amide bonds. The van der Waals surface area contributed by atoms with E-state index < -0.39 is 16.0 Å². The van der Waals surface area contributed by atoms with Crippen molar-refractivity contribution >= 4 is 16.0 Å². The molecule has 0 saturated heterocycles. The third-order valence-electron chi connectivity index (χ3n) is 3.24. The Morgan fingerprint density at radius 3 is 2.43 bits per heavy atom. The second-order valence-electron chi connectivity index (χ2n) is 4.58. The summed E-state index contributed by atoms with van der Waals surface area (Å²) in [6, 6.07) is 5.60. The largest absolute Gasteiger partial charge is 0.478 e. The molecule has 118 valence electrons. The highest BCUT2D eigenvalue weighted by Gasteiger charge is 2.21. The molecule has 0 atom stereocenters. The van der Waals surface area contributed by atoms with E-state index in [1.807, 2.05) is 0 Å². The molecule has 0 aliphatic heterocycles. The molecular weight excluding hydrogens is 292 g/mol. The average molecular weight is 314 g/mol.